The Balaban J connectivity index is 1.90. The number of nitrogens with one attached hydrogen (secondary N) is 2. The summed E-state index contributed by atoms with van der Waals surface area (Å²) in [7, 11) is -2.61. The number of hydrogen-bond acceptors (Lipinski definition) is 5. The van der Waals surface area contributed by atoms with Crippen LogP contribution in [0.5, 0.6) is 5.75 Å². The highest BCUT2D eigenvalue weighted by molar-refractivity contribution is 7.92. The van der Waals surface area contributed by atoms with Crippen molar-refractivity contribution < 1.29 is 17.5 Å². The number of sulfonamides is 1. The lowest BCUT2D eigenvalue weighted by Crippen LogP contribution is -2.14. The van der Waals surface area contributed by atoms with Crippen LogP contribution in [0.1, 0.15) is 5.56 Å². The number of halogens is 1. The van der Waals surface area contributed by atoms with Gasteiger partial charge in [-0.1, -0.05) is 12.1 Å². The SMILES string of the molecule is COc1cc(CC#N)cnc1NS(=O)(=O)c1c[nH]c(-c2ccccc2F)c1. The van der Waals surface area contributed by atoms with Gasteiger partial charge in [-0.15, -0.1) is 0 Å². The van der Waals surface area contributed by atoms with Gasteiger partial charge in [0.25, 0.3) is 10.0 Å². The number of anilines is 1. The van der Waals surface area contributed by atoms with Crippen molar-refractivity contribution in [3.8, 4) is 23.1 Å². The normalized spacial score (nSPS) is 11.0. The monoisotopic (exact) mass is 386 g/mol. The van der Waals surface area contributed by atoms with E-state index in [9.17, 15) is 12.8 Å². The first-order chi connectivity index (χ1) is 12.9. The quantitative estimate of drug-likeness (QED) is 0.677. The van der Waals surface area contributed by atoms with Crippen molar-refractivity contribution in [1.29, 1.82) is 5.26 Å². The minimum atomic E-state index is -3.98. The van der Waals surface area contributed by atoms with Gasteiger partial charge in [0.2, 0.25) is 0 Å². The fourth-order valence-corrected chi connectivity index (χ4v) is 3.47. The smallest absolute Gasteiger partial charge is 0.264 e. The molecule has 0 fully saturated rings. The summed E-state index contributed by atoms with van der Waals surface area (Å²) < 4.78 is 46.7. The van der Waals surface area contributed by atoms with E-state index >= 15 is 0 Å². The molecule has 0 aliphatic rings. The average molecular weight is 386 g/mol. The van der Waals surface area contributed by atoms with Crippen LogP contribution in [0.4, 0.5) is 10.2 Å². The molecule has 27 heavy (non-hydrogen) atoms. The molecule has 2 heterocycles. The van der Waals surface area contributed by atoms with Gasteiger partial charge in [-0.05, 0) is 29.8 Å². The average Bonchev–Trinajstić information content (AvgIpc) is 3.14. The van der Waals surface area contributed by atoms with Crippen molar-refractivity contribution in [2.75, 3.05) is 11.8 Å². The van der Waals surface area contributed by atoms with Crippen LogP contribution >= 0.6 is 0 Å². The second-order valence-corrected chi connectivity index (χ2v) is 7.25. The number of nitriles is 1. The van der Waals surface area contributed by atoms with Gasteiger partial charge < -0.3 is 9.72 Å². The zero-order valence-corrected chi connectivity index (χ0v) is 15.0. The maximum atomic E-state index is 13.9. The van der Waals surface area contributed by atoms with Gasteiger partial charge in [-0.25, -0.2) is 17.8 Å². The van der Waals surface area contributed by atoms with Gasteiger partial charge in [-0.2, -0.15) is 5.26 Å². The molecule has 1 aromatic carbocycles. The van der Waals surface area contributed by atoms with E-state index in [-0.39, 0.29) is 28.4 Å². The zero-order valence-electron chi connectivity index (χ0n) is 14.2. The number of benzene rings is 1. The highest BCUT2D eigenvalue weighted by Gasteiger charge is 2.20. The summed E-state index contributed by atoms with van der Waals surface area (Å²) in [6.07, 6.45) is 2.78. The molecule has 0 bridgehead atoms. The first-order valence-electron chi connectivity index (χ1n) is 7.80. The van der Waals surface area contributed by atoms with Crippen molar-refractivity contribution in [2.24, 2.45) is 0 Å². The van der Waals surface area contributed by atoms with Crippen LogP contribution < -0.4 is 9.46 Å². The summed E-state index contributed by atoms with van der Waals surface area (Å²) in [5, 5.41) is 8.74. The summed E-state index contributed by atoms with van der Waals surface area (Å²) in [5.41, 5.74) is 1.19. The Bertz CT molecular complexity index is 1120. The third-order valence-corrected chi connectivity index (χ3v) is 5.09. The molecular formula is C18H15FN4O3S. The maximum absolute atomic E-state index is 13.9. The number of aromatic nitrogens is 2. The van der Waals surface area contributed by atoms with E-state index in [1.54, 1.807) is 18.2 Å². The van der Waals surface area contributed by atoms with E-state index in [0.29, 0.717) is 11.3 Å². The predicted octanol–water partition coefficient (Wildman–Crippen LogP) is 3.09. The minimum absolute atomic E-state index is 0.00664. The van der Waals surface area contributed by atoms with Crippen LogP contribution in [0.2, 0.25) is 0 Å². The number of H-pyrrole nitrogens is 1. The molecule has 2 aromatic heterocycles. The Morgan fingerprint density at radius 3 is 2.81 bits per heavy atom. The Morgan fingerprint density at radius 1 is 1.33 bits per heavy atom. The minimum Gasteiger partial charge on any atom is -0.493 e. The molecule has 2 N–H and O–H groups in total. The fraction of sp³-hybridized carbons (Fsp3) is 0.111. The molecule has 7 nitrogen and oxygen atoms in total. The lowest BCUT2D eigenvalue weighted by Gasteiger charge is -2.10. The number of methoxy groups -OCH3 is 1. The number of pyridine rings is 1. The van der Waals surface area contributed by atoms with Crippen LogP contribution in [0.15, 0.2) is 53.7 Å². The summed E-state index contributed by atoms with van der Waals surface area (Å²) in [6.45, 7) is 0. The lowest BCUT2D eigenvalue weighted by atomic mass is 10.1. The standard InChI is InChI=1S/C18H15FN4O3S/c1-26-17-8-12(6-7-20)10-22-18(17)23-27(24,25)13-9-16(21-11-13)14-4-2-3-5-15(14)19/h2-5,8-11,21H,6H2,1H3,(H,22,23). The van der Waals surface area contributed by atoms with Crippen LogP contribution in [0.3, 0.4) is 0 Å². The van der Waals surface area contributed by atoms with E-state index in [2.05, 4.69) is 14.7 Å². The van der Waals surface area contributed by atoms with E-state index in [1.165, 1.54) is 37.7 Å². The Hall–Kier alpha value is -3.38. The van der Waals surface area contributed by atoms with Crippen molar-refractivity contribution in [3.63, 3.8) is 0 Å². The molecule has 0 radical (unpaired) electrons. The van der Waals surface area contributed by atoms with Crippen molar-refractivity contribution in [3.05, 3.63) is 60.2 Å². The van der Waals surface area contributed by atoms with E-state index in [4.69, 9.17) is 10.00 Å². The number of aromatic amines is 1. The first kappa shape index (κ1) is 18.4. The van der Waals surface area contributed by atoms with Gasteiger partial charge in [0.05, 0.1) is 19.6 Å². The molecule has 3 aromatic rings. The molecule has 138 valence electrons. The van der Waals surface area contributed by atoms with Gasteiger partial charge in [-0.3, -0.25) is 4.72 Å². The second kappa shape index (κ2) is 7.47. The molecule has 0 unspecified atom stereocenters. The van der Waals surface area contributed by atoms with Crippen molar-refractivity contribution in [1.82, 2.24) is 9.97 Å². The highest BCUT2D eigenvalue weighted by atomic mass is 32.2. The van der Waals surface area contributed by atoms with Gasteiger partial charge in [0.15, 0.2) is 11.6 Å². The Labute approximate surface area is 155 Å². The largest absolute Gasteiger partial charge is 0.493 e. The first-order valence-corrected chi connectivity index (χ1v) is 9.29. The number of rotatable bonds is 6. The number of hydrogen-bond donors (Lipinski definition) is 2. The summed E-state index contributed by atoms with van der Waals surface area (Å²) in [4.78, 5) is 6.71. The van der Waals surface area contributed by atoms with Crippen LogP contribution in [-0.2, 0) is 16.4 Å². The number of ether oxygens (including phenoxy) is 1. The molecular weight excluding hydrogens is 371 g/mol. The molecule has 0 aliphatic heterocycles. The van der Waals surface area contributed by atoms with E-state index in [0.717, 1.165) is 0 Å². The molecule has 0 aliphatic carbocycles. The van der Waals surface area contributed by atoms with Gasteiger partial charge in [0.1, 0.15) is 10.7 Å². The molecule has 0 saturated carbocycles. The van der Waals surface area contributed by atoms with Crippen molar-refractivity contribution in [2.45, 2.75) is 11.3 Å². The molecule has 0 amide bonds. The van der Waals surface area contributed by atoms with Crippen molar-refractivity contribution >= 4 is 15.8 Å². The molecule has 0 atom stereocenters. The van der Waals surface area contributed by atoms with Crippen LogP contribution in [0, 0.1) is 17.1 Å². The molecule has 0 saturated heterocycles. The summed E-state index contributed by atoms with van der Waals surface area (Å²) in [6, 6.07) is 10.9. The lowest BCUT2D eigenvalue weighted by molar-refractivity contribution is 0.415. The van der Waals surface area contributed by atoms with E-state index in [1.807, 2.05) is 6.07 Å². The van der Waals surface area contributed by atoms with E-state index < -0.39 is 15.8 Å². The topological polar surface area (TPSA) is 108 Å². The maximum Gasteiger partial charge on any atom is 0.264 e. The van der Waals surface area contributed by atoms with Gasteiger partial charge >= 0.3 is 0 Å². The van der Waals surface area contributed by atoms with Gasteiger partial charge in [0, 0.05) is 23.7 Å². The summed E-state index contributed by atoms with van der Waals surface area (Å²) in [5.74, 6) is -0.281. The Kier molecular flexibility index (Phi) is 5.09. The zero-order chi connectivity index (χ0) is 19.4. The molecule has 9 heteroatoms. The van der Waals surface area contributed by atoms with Crippen LogP contribution in [0.25, 0.3) is 11.3 Å². The third kappa shape index (κ3) is 3.91. The number of nitrogens with zero attached hydrogens (tertiary/aromatic N) is 2. The second-order valence-electron chi connectivity index (χ2n) is 5.56. The van der Waals surface area contributed by atoms with Crippen LogP contribution in [-0.4, -0.2) is 25.5 Å². The molecule has 3 rings (SSSR count). The highest BCUT2D eigenvalue weighted by Crippen LogP contribution is 2.28. The Morgan fingerprint density at radius 2 is 2.11 bits per heavy atom. The molecule has 0 spiro atoms. The fourth-order valence-electron chi connectivity index (χ4n) is 2.46. The summed E-state index contributed by atoms with van der Waals surface area (Å²) >= 11 is 0. The predicted molar refractivity (Wildman–Crippen MR) is 97.1 cm³/mol. The third-order valence-electron chi connectivity index (χ3n) is 3.77.